The normalized spacial score (nSPS) is 21.0. The van der Waals surface area contributed by atoms with Crippen molar-refractivity contribution in [3.63, 3.8) is 0 Å². The van der Waals surface area contributed by atoms with E-state index < -0.39 is 14.8 Å². The maximum absolute atomic E-state index is 12.3. The van der Waals surface area contributed by atoms with Crippen molar-refractivity contribution in [2.24, 2.45) is 5.92 Å². The molecule has 1 aliphatic rings. The van der Waals surface area contributed by atoms with Crippen LogP contribution in [-0.2, 0) is 10.0 Å². The Kier molecular flexibility index (Phi) is 6.15. The van der Waals surface area contributed by atoms with Gasteiger partial charge in [0.25, 0.3) is 5.56 Å². The molecule has 0 atom stereocenters. The summed E-state index contributed by atoms with van der Waals surface area (Å²) in [7, 11) is -3.30. The molecule has 162 valence electrons. The van der Waals surface area contributed by atoms with Crippen molar-refractivity contribution >= 4 is 26.7 Å². The lowest BCUT2D eigenvalue weighted by Crippen LogP contribution is -2.46. The number of anilines is 1. The topological polar surface area (TPSA) is 93.3 Å². The molecule has 0 bridgehead atoms. The molecule has 1 heterocycles. The van der Waals surface area contributed by atoms with Crippen molar-refractivity contribution in [3.8, 4) is 0 Å². The molecular weight excluding hydrogens is 390 g/mol. The average molecular weight is 424 g/mol. The molecule has 1 aliphatic carbocycles. The van der Waals surface area contributed by atoms with Gasteiger partial charge >= 0.3 is 0 Å². The second kappa shape index (κ2) is 8.14. The summed E-state index contributed by atoms with van der Waals surface area (Å²) in [4.78, 5) is 12.3. The lowest BCUT2D eigenvalue weighted by molar-refractivity contribution is 0.251. The van der Waals surface area contributed by atoms with E-state index in [4.69, 9.17) is 4.52 Å². The third-order valence-electron chi connectivity index (χ3n) is 5.65. The highest BCUT2D eigenvalue weighted by Crippen LogP contribution is 2.27. The van der Waals surface area contributed by atoms with Crippen LogP contribution in [0.3, 0.4) is 0 Å². The van der Waals surface area contributed by atoms with Gasteiger partial charge in [-0.15, -0.1) is 0 Å². The van der Waals surface area contributed by atoms with Gasteiger partial charge in [-0.05, 0) is 78.4 Å². The first-order valence-corrected chi connectivity index (χ1v) is 11.9. The van der Waals surface area contributed by atoms with Crippen LogP contribution in [0.25, 0.3) is 11.0 Å². The number of hydrogen-bond donors (Lipinski definition) is 2. The highest BCUT2D eigenvalue weighted by molar-refractivity contribution is 7.90. The minimum atomic E-state index is -3.30. The van der Waals surface area contributed by atoms with Gasteiger partial charge < -0.3 is 9.84 Å². The summed E-state index contributed by atoms with van der Waals surface area (Å²) in [6.07, 6.45) is 3.66. The van der Waals surface area contributed by atoms with Crippen LogP contribution >= 0.6 is 0 Å². The SMILES string of the molecule is CC(C)n1oc2cc(NC[C@H]3CC[C@H](NS(=O)(=O)C(C)(C)C)CC3)ccc2c1=O. The Morgan fingerprint density at radius 2 is 1.83 bits per heavy atom. The molecule has 1 fully saturated rings. The highest BCUT2D eigenvalue weighted by Gasteiger charge is 2.32. The Labute approximate surface area is 172 Å². The number of rotatable bonds is 6. The predicted molar refractivity (Wildman–Crippen MR) is 117 cm³/mol. The zero-order chi connectivity index (χ0) is 21.4. The first kappa shape index (κ1) is 21.9. The molecule has 2 aromatic rings. The number of aromatic nitrogens is 1. The average Bonchev–Trinajstić information content (AvgIpc) is 2.96. The Morgan fingerprint density at radius 3 is 2.41 bits per heavy atom. The monoisotopic (exact) mass is 423 g/mol. The second-order valence-corrected chi connectivity index (χ2v) is 11.8. The van der Waals surface area contributed by atoms with Crippen LogP contribution in [0, 0.1) is 5.92 Å². The van der Waals surface area contributed by atoms with Gasteiger partial charge in [-0.1, -0.05) is 0 Å². The highest BCUT2D eigenvalue weighted by atomic mass is 32.2. The van der Waals surface area contributed by atoms with Crippen LogP contribution in [0.4, 0.5) is 5.69 Å². The molecule has 0 amide bonds. The van der Waals surface area contributed by atoms with E-state index in [9.17, 15) is 13.2 Å². The van der Waals surface area contributed by atoms with E-state index >= 15 is 0 Å². The van der Waals surface area contributed by atoms with Gasteiger partial charge in [0.2, 0.25) is 10.0 Å². The number of nitrogens with zero attached hydrogens (tertiary/aromatic N) is 1. The standard InChI is InChI=1S/C21H33N3O4S/c1-14(2)24-20(25)18-11-10-17(12-19(18)28-24)22-13-15-6-8-16(9-7-15)23-29(26,27)21(3,4)5/h10-12,14-16,22-23H,6-9,13H2,1-5H3/t15-,16-. The summed E-state index contributed by atoms with van der Waals surface area (Å²) in [5, 5.41) is 4.04. The lowest BCUT2D eigenvalue weighted by Gasteiger charge is -2.31. The van der Waals surface area contributed by atoms with Crippen molar-refractivity contribution in [3.05, 3.63) is 28.6 Å². The molecule has 1 aromatic carbocycles. The van der Waals surface area contributed by atoms with Crippen molar-refractivity contribution < 1.29 is 12.9 Å². The molecule has 0 saturated heterocycles. The molecule has 0 unspecified atom stereocenters. The first-order chi connectivity index (χ1) is 13.5. The second-order valence-electron chi connectivity index (χ2n) is 9.36. The number of fused-ring (bicyclic) bond motifs is 1. The van der Waals surface area contributed by atoms with Crippen molar-refractivity contribution in [2.45, 2.75) is 77.1 Å². The lowest BCUT2D eigenvalue weighted by atomic mass is 9.86. The molecule has 7 nitrogen and oxygen atoms in total. The van der Waals surface area contributed by atoms with Crippen LogP contribution in [-0.4, -0.2) is 30.5 Å². The molecule has 8 heteroatoms. The summed E-state index contributed by atoms with van der Waals surface area (Å²) in [5.74, 6) is 0.494. The predicted octanol–water partition coefficient (Wildman–Crippen LogP) is 3.86. The van der Waals surface area contributed by atoms with Crippen LogP contribution in [0.2, 0.25) is 0 Å². The van der Waals surface area contributed by atoms with Crippen LogP contribution in [0.5, 0.6) is 0 Å². The first-order valence-electron chi connectivity index (χ1n) is 10.4. The molecule has 29 heavy (non-hydrogen) atoms. The van der Waals surface area contributed by atoms with Crippen molar-refractivity contribution in [1.29, 1.82) is 0 Å². The van der Waals surface area contributed by atoms with Crippen molar-refractivity contribution in [2.75, 3.05) is 11.9 Å². The van der Waals surface area contributed by atoms with Gasteiger partial charge in [0, 0.05) is 24.3 Å². The van der Waals surface area contributed by atoms with Crippen molar-refractivity contribution in [1.82, 2.24) is 9.46 Å². The molecular formula is C21H33N3O4S. The van der Waals surface area contributed by atoms with E-state index in [-0.39, 0.29) is 17.6 Å². The van der Waals surface area contributed by atoms with E-state index in [2.05, 4.69) is 10.0 Å². The smallest absolute Gasteiger partial charge is 0.290 e. The van der Waals surface area contributed by atoms with Gasteiger partial charge in [-0.2, -0.15) is 4.74 Å². The molecule has 0 radical (unpaired) electrons. The third-order valence-corrected chi connectivity index (χ3v) is 7.90. The van der Waals surface area contributed by atoms with Crippen LogP contribution < -0.4 is 15.6 Å². The fourth-order valence-electron chi connectivity index (χ4n) is 3.63. The zero-order valence-electron chi connectivity index (χ0n) is 18.0. The number of nitrogens with one attached hydrogen (secondary N) is 2. The summed E-state index contributed by atoms with van der Waals surface area (Å²) in [5.41, 5.74) is 1.42. The summed E-state index contributed by atoms with van der Waals surface area (Å²) in [6, 6.07) is 5.60. The number of sulfonamides is 1. The fraction of sp³-hybridized carbons (Fsp3) is 0.667. The van der Waals surface area contributed by atoms with E-state index in [0.29, 0.717) is 16.9 Å². The quantitative estimate of drug-likeness (QED) is 0.736. The largest absolute Gasteiger partial charge is 0.385 e. The molecule has 1 aromatic heterocycles. The van der Waals surface area contributed by atoms with Gasteiger partial charge in [-0.25, -0.2) is 13.1 Å². The molecule has 3 rings (SSSR count). The summed E-state index contributed by atoms with van der Waals surface area (Å²) >= 11 is 0. The zero-order valence-corrected chi connectivity index (χ0v) is 18.8. The van der Waals surface area contributed by atoms with Crippen LogP contribution in [0.1, 0.15) is 66.3 Å². The van der Waals surface area contributed by atoms with Gasteiger partial charge in [0.1, 0.15) is 0 Å². The Hall–Kier alpha value is -1.80. The van der Waals surface area contributed by atoms with Crippen LogP contribution in [0.15, 0.2) is 27.5 Å². The molecule has 1 saturated carbocycles. The third kappa shape index (κ3) is 4.86. The maximum Gasteiger partial charge on any atom is 0.290 e. The summed E-state index contributed by atoms with van der Waals surface area (Å²) in [6.45, 7) is 9.82. The fourth-order valence-corrected chi connectivity index (χ4v) is 4.66. The molecule has 0 aliphatic heterocycles. The minimum absolute atomic E-state index is 0.0165. The Balaban J connectivity index is 1.55. The molecule has 2 N–H and O–H groups in total. The van der Waals surface area contributed by atoms with Gasteiger partial charge in [-0.3, -0.25) is 4.79 Å². The minimum Gasteiger partial charge on any atom is -0.385 e. The maximum atomic E-state index is 12.3. The van der Waals surface area contributed by atoms with E-state index in [1.165, 1.54) is 4.74 Å². The van der Waals surface area contributed by atoms with E-state index in [1.54, 1.807) is 26.8 Å². The van der Waals surface area contributed by atoms with Gasteiger partial charge in [0.05, 0.1) is 16.2 Å². The Bertz CT molecular complexity index is 1010. The Morgan fingerprint density at radius 1 is 1.17 bits per heavy atom. The van der Waals surface area contributed by atoms with E-state index in [0.717, 1.165) is 37.9 Å². The molecule has 0 spiro atoms. The number of benzene rings is 1. The summed E-state index contributed by atoms with van der Waals surface area (Å²) < 4.78 is 33.8. The van der Waals surface area contributed by atoms with E-state index in [1.807, 2.05) is 26.0 Å². The number of hydrogen-bond acceptors (Lipinski definition) is 5. The van der Waals surface area contributed by atoms with Gasteiger partial charge in [0.15, 0.2) is 5.58 Å².